The summed E-state index contributed by atoms with van der Waals surface area (Å²) in [4.78, 5) is 18.3. The molecule has 2 aromatic carbocycles. The molecule has 0 atom stereocenters. The standard InChI is InChI=1S/C21H19N3OS/c1-3-15-6-4-5-7-17(15)22-20(25)19-13-26-21-23-18(12-24(19)21)16-10-8-14(2)9-11-16/h4-13H,3H2,1-2H3,(H,22,25). The van der Waals surface area contributed by atoms with E-state index in [9.17, 15) is 4.79 Å². The van der Waals surface area contributed by atoms with Gasteiger partial charge in [0, 0.05) is 22.8 Å². The zero-order valence-electron chi connectivity index (χ0n) is 14.7. The van der Waals surface area contributed by atoms with Crippen LogP contribution in [0.5, 0.6) is 0 Å². The number of imidazole rings is 1. The summed E-state index contributed by atoms with van der Waals surface area (Å²) in [5, 5.41) is 4.88. The quantitative estimate of drug-likeness (QED) is 0.544. The molecule has 1 N–H and O–H groups in total. The van der Waals surface area contributed by atoms with Crippen LogP contribution in [0.3, 0.4) is 0 Å². The van der Waals surface area contributed by atoms with Crippen molar-refractivity contribution in [2.75, 3.05) is 5.32 Å². The predicted octanol–water partition coefficient (Wildman–Crippen LogP) is 5.19. The van der Waals surface area contributed by atoms with Crippen molar-refractivity contribution in [3.05, 3.63) is 76.9 Å². The number of benzene rings is 2. The monoisotopic (exact) mass is 361 g/mol. The zero-order chi connectivity index (χ0) is 18.1. The van der Waals surface area contributed by atoms with Gasteiger partial charge in [0.05, 0.1) is 5.69 Å². The maximum atomic E-state index is 12.8. The number of aromatic nitrogens is 2. The molecule has 0 bridgehead atoms. The Kier molecular flexibility index (Phi) is 4.31. The summed E-state index contributed by atoms with van der Waals surface area (Å²) in [5.74, 6) is -0.120. The second-order valence-corrected chi connectivity index (χ2v) is 7.07. The minimum Gasteiger partial charge on any atom is -0.320 e. The Balaban J connectivity index is 1.66. The molecule has 0 saturated carbocycles. The Morgan fingerprint density at radius 2 is 1.92 bits per heavy atom. The molecule has 2 heterocycles. The number of nitrogens with one attached hydrogen (secondary N) is 1. The number of carbonyl (C=O) groups is 1. The molecule has 130 valence electrons. The Labute approximate surface area is 156 Å². The average Bonchev–Trinajstić information content (AvgIpc) is 3.23. The topological polar surface area (TPSA) is 46.4 Å². The van der Waals surface area contributed by atoms with Gasteiger partial charge in [0.2, 0.25) is 0 Å². The van der Waals surface area contributed by atoms with Crippen molar-refractivity contribution in [3.8, 4) is 11.3 Å². The Hall–Kier alpha value is -2.92. The zero-order valence-corrected chi connectivity index (χ0v) is 15.5. The molecule has 4 rings (SSSR count). The highest BCUT2D eigenvalue weighted by atomic mass is 32.1. The van der Waals surface area contributed by atoms with Crippen molar-refractivity contribution in [3.63, 3.8) is 0 Å². The minimum absolute atomic E-state index is 0.120. The van der Waals surface area contributed by atoms with E-state index in [1.54, 1.807) is 0 Å². The number of carbonyl (C=O) groups excluding carboxylic acids is 1. The number of aryl methyl sites for hydroxylation is 2. The SMILES string of the molecule is CCc1ccccc1NC(=O)c1csc2nc(-c3ccc(C)cc3)cn12. The summed E-state index contributed by atoms with van der Waals surface area (Å²) in [6.45, 7) is 4.14. The molecule has 5 heteroatoms. The van der Waals surface area contributed by atoms with Crippen LogP contribution < -0.4 is 5.32 Å². The van der Waals surface area contributed by atoms with Crippen LogP contribution in [0.2, 0.25) is 0 Å². The first-order valence-corrected chi connectivity index (χ1v) is 9.46. The maximum absolute atomic E-state index is 12.8. The summed E-state index contributed by atoms with van der Waals surface area (Å²) >= 11 is 1.47. The normalized spacial score (nSPS) is 11.0. The fourth-order valence-electron chi connectivity index (χ4n) is 2.95. The van der Waals surface area contributed by atoms with E-state index < -0.39 is 0 Å². The summed E-state index contributed by atoms with van der Waals surface area (Å²) in [6.07, 6.45) is 2.80. The van der Waals surface area contributed by atoms with Crippen molar-refractivity contribution in [1.29, 1.82) is 0 Å². The fourth-order valence-corrected chi connectivity index (χ4v) is 3.80. The first-order chi connectivity index (χ1) is 12.7. The van der Waals surface area contributed by atoms with Crippen molar-refractivity contribution in [1.82, 2.24) is 9.38 Å². The number of fused-ring (bicyclic) bond motifs is 1. The molecule has 0 aliphatic carbocycles. The molecule has 1 amide bonds. The van der Waals surface area contributed by atoms with Gasteiger partial charge in [-0.25, -0.2) is 4.98 Å². The van der Waals surface area contributed by atoms with Crippen LogP contribution in [0.1, 0.15) is 28.5 Å². The number of thiazole rings is 1. The van der Waals surface area contributed by atoms with Crippen LogP contribution in [-0.4, -0.2) is 15.3 Å². The molecule has 2 aromatic heterocycles. The van der Waals surface area contributed by atoms with E-state index in [-0.39, 0.29) is 5.91 Å². The van der Waals surface area contributed by atoms with Crippen molar-refractivity contribution in [2.24, 2.45) is 0 Å². The van der Waals surface area contributed by atoms with Crippen molar-refractivity contribution in [2.45, 2.75) is 20.3 Å². The lowest BCUT2D eigenvalue weighted by Crippen LogP contribution is -2.15. The third kappa shape index (κ3) is 3.02. The third-order valence-corrected chi connectivity index (χ3v) is 5.28. The molecular formula is C21H19N3OS. The number of rotatable bonds is 4. The molecule has 0 radical (unpaired) electrons. The largest absolute Gasteiger partial charge is 0.320 e. The summed E-state index contributed by atoms with van der Waals surface area (Å²) < 4.78 is 1.86. The Bertz CT molecular complexity index is 1080. The maximum Gasteiger partial charge on any atom is 0.273 e. The van der Waals surface area contributed by atoms with Crippen LogP contribution in [0.15, 0.2) is 60.1 Å². The first-order valence-electron chi connectivity index (χ1n) is 8.58. The van der Waals surface area contributed by atoms with E-state index in [2.05, 4.69) is 48.4 Å². The van der Waals surface area contributed by atoms with E-state index in [1.807, 2.05) is 40.2 Å². The Morgan fingerprint density at radius 1 is 1.15 bits per heavy atom. The van der Waals surface area contributed by atoms with Gasteiger partial charge >= 0.3 is 0 Å². The smallest absolute Gasteiger partial charge is 0.273 e. The molecule has 0 aliphatic heterocycles. The minimum atomic E-state index is -0.120. The van der Waals surface area contributed by atoms with E-state index >= 15 is 0 Å². The summed E-state index contributed by atoms with van der Waals surface area (Å²) in [5.41, 5.74) is 5.72. The van der Waals surface area contributed by atoms with E-state index in [0.717, 1.165) is 33.9 Å². The lowest BCUT2D eigenvalue weighted by Gasteiger charge is -2.09. The van der Waals surface area contributed by atoms with Gasteiger partial charge < -0.3 is 5.32 Å². The third-order valence-electron chi connectivity index (χ3n) is 4.44. The molecule has 0 unspecified atom stereocenters. The van der Waals surface area contributed by atoms with Crippen LogP contribution >= 0.6 is 11.3 Å². The molecule has 4 aromatic rings. The first kappa shape index (κ1) is 16.5. The average molecular weight is 361 g/mol. The van der Waals surface area contributed by atoms with Crippen LogP contribution in [0.4, 0.5) is 5.69 Å². The number of hydrogen-bond donors (Lipinski definition) is 1. The fraction of sp³-hybridized carbons (Fsp3) is 0.143. The van der Waals surface area contributed by atoms with Gasteiger partial charge in [0.15, 0.2) is 4.96 Å². The highest BCUT2D eigenvalue weighted by molar-refractivity contribution is 7.15. The van der Waals surface area contributed by atoms with Crippen LogP contribution in [0.25, 0.3) is 16.2 Å². The highest BCUT2D eigenvalue weighted by Crippen LogP contribution is 2.25. The molecule has 26 heavy (non-hydrogen) atoms. The molecule has 0 spiro atoms. The predicted molar refractivity (Wildman–Crippen MR) is 107 cm³/mol. The van der Waals surface area contributed by atoms with Crippen molar-refractivity contribution < 1.29 is 4.79 Å². The molecule has 0 fully saturated rings. The van der Waals surface area contributed by atoms with Gasteiger partial charge in [0.1, 0.15) is 5.69 Å². The Morgan fingerprint density at radius 3 is 2.69 bits per heavy atom. The van der Waals surface area contributed by atoms with Gasteiger partial charge in [-0.15, -0.1) is 11.3 Å². The molecular weight excluding hydrogens is 342 g/mol. The number of nitrogens with zero attached hydrogens (tertiary/aromatic N) is 2. The van der Waals surface area contributed by atoms with Gasteiger partial charge in [-0.2, -0.15) is 0 Å². The van der Waals surface area contributed by atoms with Gasteiger partial charge in [-0.3, -0.25) is 9.20 Å². The van der Waals surface area contributed by atoms with Crippen LogP contribution in [0, 0.1) is 6.92 Å². The van der Waals surface area contributed by atoms with Gasteiger partial charge in [0.25, 0.3) is 5.91 Å². The second kappa shape index (κ2) is 6.77. The summed E-state index contributed by atoms with van der Waals surface area (Å²) in [6, 6.07) is 16.1. The molecule has 0 saturated heterocycles. The van der Waals surface area contributed by atoms with Gasteiger partial charge in [-0.1, -0.05) is 55.0 Å². The van der Waals surface area contributed by atoms with E-state index in [1.165, 1.54) is 16.9 Å². The number of amides is 1. The lowest BCUT2D eigenvalue weighted by molar-refractivity contribution is 0.102. The van der Waals surface area contributed by atoms with Crippen LogP contribution in [-0.2, 0) is 6.42 Å². The second-order valence-electron chi connectivity index (χ2n) is 6.23. The lowest BCUT2D eigenvalue weighted by atomic mass is 10.1. The van der Waals surface area contributed by atoms with E-state index in [0.29, 0.717) is 5.69 Å². The number of hydrogen-bond acceptors (Lipinski definition) is 3. The van der Waals surface area contributed by atoms with Gasteiger partial charge in [-0.05, 0) is 25.0 Å². The van der Waals surface area contributed by atoms with Crippen molar-refractivity contribution >= 4 is 27.9 Å². The number of para-hydroxylation sites is 1. The highest BCUT2D eigenvalue weighted by Gasteiger charge is 2.16. The molecule has 0 aliphatic rings. The number of anilines is 1. The summed E-state index contributed by atoms with van der Waals surface area (Å²) in [7, 11) is 0. The molecule has 4 nitrogen and oxygen atoms in total. The van der Waals surface area contributed by atoms with E-state index in [4.69, 9.17) is 0 Å².